The molecule has 1 saturated carbocycles. The zero-order valence-electron chi connectivity index (χ0n) is 13.1. The van der Waals surface area contributed by atoms with Gasteiger partial charge in [0, 0.05) is 25.0 Å². The first-order valence-electron chi connectivity index (χ1n) is 8.25. The number of nitrogens with one attached hydrogen (secondary N) is 1. The third-order valence-corrected chi connectivity index (χ3v) is 4.83. The van der Waals surface area contributed by atoms with Gasteiger partial charge in [-0.2, -0.15) is 0 Å². The Labute approximate surface area is 126 Å². The predicted octanol–water partition coefficient (Wildman–Crippen LogP) is 2.71. The monoisotopic (exact) mass is 290 g/mol. The van der Waals surface area contributed by atoms with Crippen LogP contribution in [0.1, 0.15) is 44.1 Å². The average molecular weight is 290 g/mol. The van der Waals surface area contributed by atoms with Crippen LogP contribution in [0.25, 0.3) is 0 Å². The van der Waals surface area contributed by atoms with Crippen LogP contribution in [-0.2, 0) is 11.3 Å². The summed E-state index contributed by atoms with van der Waals surface area (Å²) in [5.74, 6) is 3.26. The topological polar surface area (TPSA) is 45.5 Å². The number of aryl methyl sites for hydroxylation is 1. The second-order valence-electron chi connectivity index (χ2n) is 6.52. The Morgan fingerprint density at radius 3 is 2.81 bits per heavy atom. The van der Waals surface area contributed by atoms with E-state index < -0.39 is 0 Å². The molecule has 1 amide bonds. The number of carbonyl (C=O) groups excluding carboxylic acids is 1. The van der Waals surface area contributed by atoms with Crippen LogP contribution in [0.3, 0.4) is 0 Å². The molecule has 4 nitrogen and oxygen atoms in total. The molecule has 21 heavy (non-hydrogen) atoms. The molecule has 2 atom stereocenters. The van der Waals surface area contributed by atoms with Gasteiger partial charge in [0.05, 0.1) is 6.54 Å². The molecule has 1 aromatic rings. The molecule has 2 fully saturated rings. The average Bonchev–Trinajstić information content (AvgIpc) is 3.27. The lowest BCUT2D eigenvalue weighted by atomic mass is 9.89. The molecule has 0 aromatic carbocycles. The fourth-order valence-corrected chi connectivity index (χ4v) is 3.32. The van der Waals surface area contributed by atoms with Crippen LogP contribution in [0.15, 0.2) is 16.5 Å². The Hall–Kier alpha value is -1.29. The van der Waals surface area contributed by atoms with Gasteiger partial charge in [-0.05, 0) is 44.2 Å². The van der Waals surface area contributed by atoms with E-state index >= 15 is 0 Å². The highest BCUT2D eigenvalue weighted by molar-refractivity contribution is 5.81. The third kappa shape index (κ3) is 3.49. The smallest absolute Gasteiger partial charge is 0.225 e. The molecule has 1 saturated heterocycles. The van der Waals surface area contributed by atoms with E-state index in [2.05, 4.69) is 17.1 Å². The third-order valence-electron chi connectivity index (χ3n) is 4.83. The number of hydrogen-bond donors (Lipinski definition) is 1. The van der Waals surface area contributed by atoms with Crippen molar-refractivity contribution in [1.82, 2.24) is 10.2 Å². The lowest BCUT2D eigenvalue weighted by Gasteiger charge is -2.39. The van der Waals surface area contributed by atoms with Crippen LogP contribution in [-0.4, -0.2) is 29.9 Å². The van der Waals surface area contributed by atoms with Crippen molar-refractivity contribution in [3.63, 3.8) is 0 Å². The summed E-state index contributed by atoms with van der Waals surface area (Å²) in [5.41, 5.74) is 0. The summed E-state index contributed by atoms with van der Waals surface area (Å²) in [6.07, 6.45) is 4.37. The van der Waals surface area contributed by atoms with Crippen molar-refractivity contribution >= 4 is 5.91 Å². The number of carbonyl (C=O) groups is 1. The number of nitrogens with zero attached hydrogens (tertiary/aromatic N) is 1. The second kappa shape index (κ2) is 6.22. The highest BCUT2D eigenvalue weighted by Crippen LogP contribution is 2.33. The Morgan fingerprint density at radius 1 is 1.38 bits per heavy atom. The van der Waals surface area contributed by atoms with Gasteiger partial charge in [0.15, 0.2) is 0 Å². The van der Waals surface area contributed by atoms with Crippen molar-refractivity contribution in [2.45, 2.75) is 52.1 Å². The Morgan fingerprint density at radius 2 is 2.19 bits per heavy atom. The van der Waals surface area contributed by atoms with Crippen molar-refractivity contribution in [3.8, 4) is 0 Å². The zero-order valence-corrected chi connectivity index (χ0v) is 13.1. The van der Waals surface area contributed by atoms with Gasteiger partial charge in [-0.15, -0.1) is 0 Å². The molecule has 116 valence electrons. The Kier molecular flexibility index (Phi) is 4.34. The molecule has 1 aliphatic carbocycles. The molecule has 2 aliphatic rings. The first-order valence-corrected chi connectivity index (χ1v) is 8.25. The highest BCUT2D eigenvalue weighted by Gasteiger charge is 2.37. The standard InChI is InChI=1S/C17H26N2O2/c1-3-13-11-19(17(20)14-5-6-14)9-8-16(13)18-10-15-7-4-12(2)21-15/h4,7,13-14,16,18H,3,5-6,8-11H2,1-2H3/t13-,16-/m0/s1. The molecule has 0 radical (unpaired) electrons. The van der Waals surface area contributed by atoms with Gasteiger partial charge < -0.3 is 14.6 Å². The summed E-state index contributed by atoms with van der Waals surface area (Å²) >= 11 is 0. The minimum atomic E-state index is 0.345. The van der Waals surface area contributed by atoms with Crippen molar-refractivity contribution in [2.24, 2.45) is 11.8 Å². The van der Waals surface area contributed by atoms with E-state index in [9.17, 15) is 4.79 Å². The van der Waals surface area contributed by atoms with Crippen LogP contribution in [0.4, 0.5) is 0 Å². The van der Waals surface area contributed by atoms with E-state index in [0.29, 0.717) is 23.8 Å². The van der Waals surface area contributed by atoms with Crippen LogP contribution in [0.2, 0.25) is 0 Å². The fraction of sp³-hybridized carbons (Fsp3) is 0.706. The van der Waals surface area contributed by atoms with Gasteiger partial charge in [0.25, 0.3) is 0 Å². The molecule has 1 aromatic heterocycles. The normalized spacial score (nSPS) is 26.1. The van der Waals surface area contributed by atoms with Crippen LogP contribution in [0, 0.1) is 18.8 Å². The molecular formula is C17H26N2O2. The van der Waals surface area contributed by atoms with Crippen LogP contribution in [0.5, 0.6) is 0 Å². The summed E-state index contributed by atoms with van der Waals surface area (Å²) in [6.45, 7) is 6.80. The number of rotatable bonds is 5. The summed E-state index contributed by atoms with van der Waals surface area (Å²) < 4.78 is 5.62. The molecule has 1 aliphatic heterocycles. The van der Waals surface area contributed by atoms with E-state index in [-0.39, 0.29) is 0 Å². The predicted molar refractivity (Wildman–Crippen MR) is 81.8 cm³/mol. The van der Waals surface area contributed by atoms with E-state index in [4.69, 9.17) is 4.42 Å². The first-order chi connectivity index (χ1) is 10.2. The summed E-state index contributed by atoms with van der Waals surface area (Å²) in [7, 11) is 0. The quantitative estimate of drug-likeness (QED) is 0.907. The Bertz CT molecular complexity index is 493. The minimum absolute atomic E-state index is 0.345. The van der Waals surface area contributed by atoms with Crippen LogP contribution >= 0.6 is 0 Å². The number of piperidine rings is 1. The van der Waals surface area contributed by atoms with E-state index in [1.165, 1.54) is 0 Å². The molecular weight excluding hydrogens is 264 g/mol. The molecule has 2 heterocycles. The van der Waals surface area contributed by atoms with Crippen molar-refractivity contribution in [2.75, 3.05) is 13.1 Å². The molecule has 1 N–H and O–H groups in total. The minimum Gasteiger partial charge on any atom is -0.465 e. The fourth-order valence-electron chi connectivity index (χ4n) is 3.32. The van der Waals surface area contributed by atoms with Gasteiger partial charge in [-0.3, -0.25) is 4.79 Å². The van der Waals surface area contributed by atoms with Gasteiger partial charge in [0.2, 0.25) is 5.91 Å². The van der Waals surface area contributed by atoms with Crippen molar-refractivity contribution in [1.29, 1.82) is 0 Å². The number of amides is 1. The summed E-state index contributed by atoms with van der Waals surface area (Å²) in [6, 6.07) is 4.53. The van der Waals surface area contributed by atoms with Crippen LogP contribution < -0.4 is 5.32 Å². The van der Waals surface area contributed by atoms with E-state index in [1.807, 2.05) is 19.1 Å². The summed E-state index contributed by atoms with van der Waals surface area (Å²) in [4.78, 5) is 14.3. The SMILES string of the molecule is CC[C@H]1CN(C(=O)C2CC2)CC[C@@H]1NCc1ccc(C)o1. The maximum atomic E-state index is 12.2. The maximum absolute atomic E-state index is 12.2. The number of likely N-dealkylation sites (tertiary alicyclic amines) is 1. The molecule has 4 heteroatoms. The highest BCUT2D eigenvalue weighted by atomic mass is 16.3. The largest absolute Gasteiger partial charge is 0.465 e. The second-order valence-corrected chi connectivity index (χ2v) is 6.52. The number of hydrogen-bond acceptors (Lipinski definition) is 3. The zero-order chi connectivity index (χ0) is 14.8. The number of furan rings is 1. The van der Waals surface area contributed by atoms with E-state index in [0.717, 1.165) is 56.8 Å². The maximum Gasteiger partial charge on any atom is 0.225 e. The molecule has 0 bridgehead atoms. The van der Waals surface area contributed by atoms with Gasteiger partial charge in [0.1, 0.15) is 11.5 Å². The first kappa shape index (κ1) is 14.6. The van der Waals surface area contributed by atoms with Gasteiger partial charge >= 0.3 is 0 Å². The molecule has 0 unspecified atom stereocenters. The molecule has 3 rings (SSSR count). The lowest BCUT2D eigenvalue weighted by molar-refractivity contribution is -0.134. The van der Waals surface area contributed by atoms with Gasteiger partial charge in [-0.25, -0.2) is 0 Å². The lowest BCUT2D eigenvalue weighted by Crippen LogP contribution is -2.51. The molecule has 0 spiro atoms. The Balaban J connectivity index is 1.52. The van der Waals surface area contributed by atoms with Crippen molar-refractivity contribution < 1.29 is 9.21 Å². The van der Waals surface area contributed by atoms with Gasteiger partial charge in [-0.1, -0.05) is 13.3 Å². The van der Waals surface area contributed by atoms with Crippen molar-refractivity contribution in [3.05, 3.63) is 23.7 Å². The van der Waals surface area contributed by atoms with E-state index in [1.54, 1.807) is 0 Å². The summed E-state index contributed by atoms with van der Waals surface area (Å²) in [5, 5.41) is 3.62.